The van der Waals surface area contributed by atoms with E-state index in [0.717, 1.165) is 24.2 Å². The first kappa shape index (κ1) is 16.1. The molecule has 0 radical (unpaired) electrons. The normalized spacial score (nSPS) is 15.7. The quantitative estimate of drug-likeness (QED) is 0.790. The highest BCUT2D eigenvalue weighted by Gasteiger charge is 2.31. The van der Waals surface area contributed by atoms with Gasteiger partial charge in [0.05, 0.1) is 11.1 Å². The second kappa shape index (κ2) is 6.38. The summed E-state index contributed by atoms with van der Waals surface area (Å²) in [4.78, 5) is 17.1. The second-order valence-corrected chi connectivity index (χ2v) is 8.38. The zero-order valence-corrected chi connectivity index (χ0v) is 14.2. The van der Waals surface area contributed by atoms with Gasteiger partial charge in [-0.3, -0.25) is 4.98 Å². The summed E-state index contributed by atoms with van der Waals surface area (Å²) < 4.78 is 31.9. The third-order valence-electron chi connectivity index (χ3n) is 3.60. The molecule has 1 aliphatic heterocycles. The first-order valence-corrected chi connectivity index (χ1v) is 9.47. The molecule has 23 heavy (non-hydrogen) atoms. The van der Waals surface area contributed by atoms with Gasteiger partial charge in [0.25, 0.3) is 0 Å². The smallest absolute Gasteiger partial charge is 0.353 e. The second-order valence-electron chi connectivity index (χ2n) is 5.22. The number of hydrogen-bond donors (Lipinski definition) is 0. The molecule has 1 fully saturated rings. The van der Waals surface area contributed by atoms with E-state index in [4.69, 9.17) is 4.74 Å². The predicted octanol–water partition coefficient (Wildman–Crippen LogP) is 2.46. The number of aromatic nitrogens is 1. The maximum Gasteiger partial charge on any atom is 0.353 e. The first-order chi connectivity index (χ1) is 11.0. The summed E-state index contributed by atoms with van der Waals surface area (Å²) in [5.74, 6) is -0.249. The molecule has 122 valence electrons. The van der Waals surface area contributed by atoms with Gasteiger partial charge < -0.3 is 4.74 Å². The summed E-state index contributed by atoms with van der Waals surface area (Å²) >= 11 is 1.13. The van der Waals surface area contributed by atoms with Crippen molar-refractivity contribution in [1.29, 1.82) is 0 Å². The van der Waals surface area contributed by atoms with E-state index in [-0.39, 0.29) is 9.77 Å². The average molecular weight is 352 g/mol. The molecule has 2 aromatic heterocycles. The molecule has 0 aliphatic carbocycles. The van der Waals surface area contributed by atoms with Crippen LogP contribution in [0.25, 0.3) is 0 Å². The van der Waals surface area contributed by atoms with Crippen LogP contribution in [0.2, 0.25) is 0 Å². The van der Waals surface area contributed by atoms with Crippen LogP contribution in [0.3, 0.4) is 0 Å². The molecule has 6 nitrogen and oxygen atoms in total. The molecular formula is C15H16N2O4S2. The van der Waals surface area contributed by atoms with Gasteiger partial charge in [-0.25, -0.2) is 13.2 Å². The molecule has 3 rings (SSSR count). The number of hydrogen-bond acceptors (Lipinski definition) is 6. The van der Waals surface area contributed by atoms with Crippen LogP contribution in [-0.2, 0) is 10.0 Å². The van der Waals surface area contributed by atoms with Crippen LogP contribution >= 0.6 is 11.3 Å². The number of pyridine rings is 1. The van der Waals surface area contributed by atoms with Crippen LogP contribution in [0.5, 0.6) is 5.75 Å². The van der Waals surface area contributed by atoms with Gasteiger partial charge in [0.2, 0.25) is 10.0 Å². The molecule has 1 aliphatic rings. The van der Waals surface area contributed by atoms with E-state index in [9.17, 15) is 13.2 Å². The van der Waals surface area contributed by atoms with Gasteiger partial charge in [0, 0.05) is 24.2 Å². The molecule has 0 unspecified atom stereocenters. The lowest BCUT2D eigenvalue weighted by atomic mass is 10.4. The van der Waals surface area contributed by atoms with Crippen molar-refractivity contribution in [1.82, 2.24) is 9.29 Å². The van der Waals surface area contributed by atoms with E-state index in [1.807, 2.05) is 0 Å². The van der Waals surface area contributed by atoms with Gasteiger partial charge in [-0.1, -0.05) is 0 Å². The van der Waals surface area contributed by atoms with Gasteiger partial charge in [-0.15, -0.1) is 11.3 Å². The standard InChI is InChI=1S/C15H16N2O4S2/c1-11-14(23(19,20)17-7-2-3-8-17)9-13(22-11)15(18)21-12-5-4-6-16-10-12/h4-6,9-10H,2-3,7-8H2,1H3. The van der Waals surface area contributed by atoms with Crippen molar-refractivity contribution in [2.75, 3.05) is 13.1 Å². The maximum absolute atomic E-state index is 12.6. The minimum Gasteiger partial charge on any atom is -0.421 e. The zero-order valence-electron chi connectivity index (χ0n) is 12.6. The third kappa shape index (κ3) is 3.29. The lowest BCUT2D eigenvalue weighted by Gasteiger charge is -2.14. The van der Waals surface area contributed by atoms with Crippen LogP contribution in [0.1, 0.15) is 27.4 Å². The highest BCUT2D eigenvalue weighted by molar-refractivity contribution is 7.89. The minimum absolute atomic E-state index is 0.197. The number of nitrogens with zero attached hydrogens (tertiary/aromatic N) is 2. The summed E-state index contributed by atoms with van der Waals surface area (Å²) in [5.41, 5.74) is 0. The van der Waals surface area contributed by atoms with Crippen molar-refractivity contribution < 1.29 is 17.9 Å². The van der Waals surface area contributed by atoms with Crippen LogP contribution in [-0.4, -0.2) is 36.8 Å². The van der Waals surface area contributed by atoms with Crippen molar-refractivity contribution in [2.45, 2.75) is 24.7 Å². The lowest BCUT2D eigenvalue weighted by Crippen LogP contribution is -2.28. The molecule has 0 amide bonds. The number of thiophene rings is 1. The van der Waals surface area contributed by atoms with Gasteiger partial charge in [-0.2, -0.15) is 4.31 Å². The highest BCUT2D eigenvalue weighted by Crippen LogP contribution is 2.30. The zero-order chi connectivity index (χ0) is 16.4. The Morgan fingerprint density at radius 1 is 1.35 bits per heavy atom. The number of ether oxygens (including phenoxy) is 1. The maximum atomic E-state index is 12.6. The van der Waals surface area contributed by atoms with Gasteiger partial charge in [0.15, 0.2) is 0 Å². The topological polar surface area (TPSA) is 76.6 Å². The average Bonchev–Trinajstić information content (AvgIpc) is 3.18. The Kier molecular flexibility index (Phi) is 4.47. The molecular weight excluding hydrogens is 336 g/mol. The van der Waals surface area contributed by atoms with E-state index in [0.29, 0.717) is 23.7 Å². The number of aryl methyl sites for hydroxylation is 1. The largest absolute Gasteiger partial charge is 0.421 e. The van der Waals surface area contributed by atoms with Crippen LogP contribution in [0.15, 0.2) is 35.5 Å². The van der Waals surface area contributed by atoms with E-state index in [1.165, 1.54) is 16.6 Å². The van der Waals surface area contributed by atoms with Crippen molar-refractivity contribution in [3.05, 3.63) is 40.3 Å². The van der Waals surface area contributed by atoms with Crippen molar-refractivity contribution >= 4 is 27.3 Å². The number of rotatable bonds is 4. The summed E-state index contributed by atoms with van der Waals surface area (Å²) in [7, 11) is -3.53. The lowest BCUT2D eigenvalue weighted by molar-refractivity contribution is 0.0739. The Balaban J connectivity index is 1.84. The summed E-state index contributed by atoms with van der Waals surface area (Å²) in [5, 5.41) is 0. The van der Waals surface area contributed by atoms with Gasteiger partial charge in [-0.05, 0) is 38.0 Å². The number of esters is 1. The van der Waals surface area contributed by atoms with Crippen LogP contribution < -0.4 is 4.74 Å². The fourth-order valence-corrected chi connectivity index (χ4v) is 5.41. The highest BCUT2D eigenvalue weighted by atomic mass is 32.2. The Morgan fingerprint density at radius 2 is 2.09 bits per heavy atom. The fourth-order valence-electron chi connectivity index (χ4n) is 2.45. The van der Waals surface area contributed by atoms with Gasteiger partial charge >= 0.3 is 5.97 Å². The van der Waals surface area contributed by atoms with E-state index in [2.05, 4.69) is 4.98 Å². The molecule has 2 aromatic rings. The minimum atomic E-state index is -3.53. The molecule has 0 aromatic carbocycles. The van der Waals surface area contributed by atoms with E-state index in [1.54, 1.807) is 25.3 Å². The number of sulfonamides is 1. The molecule has 0 atom stereocenters. The molecule has 8 heteroatoms. The number of carbonyl (C=O) groups is 1. The van der Waals surface area contributed by atoms with E-state index < -0.39 is 16.0 Å². The number of carbonyl (C=O) groups excluding carboxylic acids is 1. The summed E-state index contributed by atoms with van der Waals surface area (Å²) in [6, 6.07) is 4.69. The Labute approximate surface area is 138 Å². The first-order valence-electron chi connectivity index (χ1n) is 7.21. The SMILES string of the molecule is Cc1sc(C(=O)Oc2cccnc2)cc1S(=O)(=O)N1CCCC1. The molecule has 1 saturated heterocycles. The molecule has 0 bridgehead atoms. The fraction of sp³-hybridized carbons (Fsp3) is 0.333. The molecule has 0 saturated carbocycles. The Morgan fingerprint density at radius 3 is 2.74 bits per heavy atom. The molecule has 0 spiro atoms. The monoisotopic (exact) mass is 352 g/mol. The van der Waals surface area contributed by atoms with Crippen molar-refractivity contribution in [3.63, 3.8) is 0 Å². The summed E-state index contributed by atoms with van der Waals surface area (Å²) in [6.45, 7) is 2.77. The Bertz CT molecular complexity index is 809. The molecule has 3 heterocycles. The van der Waals surface area contributed by atoms with Crippen LogP contribution in [0.4, 0.5) is 0 Å². The van der Waals surface area contributed by atoms with Crippen molar-refractivity contribution in [3.8, 4) is 5.75 Å². The van der Waals surface area contributed by atoms with E-state index >= 15 is 0 Å². The molecule has 0 N–H and O–H groups in total. The predicted molar refractivity (Wildman–Crippen MR) is 86.2 cm³/mol. The third-order valence-corrected chi connectivity index (χ3v) is 6.79. The van der Waals surface area contributed by atoms with Crippen LogP contribution in [0, 0.1) is 6.92 Å². The van der Waals surface area contributed by atoms with Gasteiger partial charge in [0.1, 0.15) is 10.6 Å². The summed E-state index contributed by atoms with van der Waals surface area (Å²) in [6.07, 6.45) is 4.75. The van der Waals surface area contributed by atoms with Crippen molar-refractivity contribution in [2.24, 2.45) is 0 Å². The Hall–Kier alpha value is -1.77.